The van der Waals surface area contributed by atoms with Gasteiger partial charge in [-0.2, -0.15) is 0 Å². The van der Waals surface area contributed by atoms with Gasteiger partial charge in [-0.3, -0.25) is 0 Å². The maximum Gasteiger partial charge on any atom is 0.573 e. The molecule has 0 fully saturated rings. The Bertz CT molecular complexity index is 418. The highest BCUT2D eigenvalue weighted by Crippen LogP contribution is 2.32. The van der Waals surface area contributed by atoms with Crippen molar-refractivity contribution in [3.05, 3.63) is 23.8 Å². The van der Waals surface area contributed by atoms with Gasteiger partial charge in [0.05, 0.1) is 17.6 Å². The number of rotatable bonds is 3. The SMILES string of the molecule is COC(=O)c1ccc(OC(F)(F)F)c(SC)c1. The first-order valence-electron chi connectivity index (χ1n) is 4.39. The van der Waals surface area contributed by atoms with Gasteiger partial charge in [0.25, 0.3) is 0 Å². The summed E-state index contributed by atoms with van der Waals surface area (Å²) in [5.41, 5.74) is 0.173. The minimum absolute atomic E-state index is 0.173. The van der Waals surface area contributed by atoms with Gasteiger partial charge in [-0.25, -0.2) is 4.79 Å². The largest absolute Gasteiger partial charge is 0.573 e. The highest BCUT2D eigenvalue weighted by atomic mass is 32.2. The molecule has 0 aromatic heterocycles. The topological polar surface area (TPSA) is 35.5 Å². The molecule has 0 N–H and O–H groups in total. The highest BCUT2D eigenvalue weighted by molar-refractivity contribution is 7.98. The van der Waals surface area contributed by atoms with Crippen molar-refractivity contribution in [3.63, 3.8) is 0 Å². The van der Waals surface area contributed by atoms with Gasteiger partial charge in [0, 0.05) is 0 Å². The second kappa shape index (κ2) is 5.31. The van der Waals surface area contributed by atoms with Gasteiger partial charge in [0.1, 0.15) is 5.75 Å². The number of esters is 1. The average molecular weight is 266 g/mol. The van der Waals surface area contributed by atoms with E-state index in [9.17, 15) is 18.0 Å². The van der Waals surface area contributed by atoms with Crippen LogP contribution >= 0.6 is 11.8 Å². The van der Waals surface area contributed by atoms with E-state index in [2.05, 4.69) is 9.47 Å². The molecule has 0 heterocycles. The summed E-state index contributed by atoms with van der Waals surface area (Å²) in [6, 6.07) is 3.59. The molecule has 0 bridgehead atoms. The second-order valence-corrected chi connectivity index (χ2v) is 3.75. The van der Waals surface area contributed by atoms with Crippen molar-refractivity contribution >= 4 is 17.7 Å². The zero-order chi connectivity index (χ0) is 13.1. The minimum atomic E-state index is -4.75. The second-order valence-electron chi connectivity index (χ2n) is 2.91. The van der Waals surface area contributed by atoms with Gasteiger partial charge in [-0.1, -0.05) is 0 Å². The van der Waals surface area contributed by atoms with E-state index in [4.69, 9.17) is 0 Å². The molecule has 0 unspecified atom stereocenters. The van der Waals surface area contributed by atoms with E-state index >= 15 is 0 Å². The predicted molar refractivity (Wildman–Crippen MR) is 56.2 cm³/mol. The Morgan fingerprint density at radius 2 is 2.00 bits per heavy atom. The Hall–Kier alpha value is -1.37. The van der Waals surface area contributed by atoms with Gasteiger partial charge >= 0.3 is 12.3 Å². The van der Waals surface area contributed by atoms with Crippen molar-refractivity contribution < 1.29 is 27.4 Å². The van der Waals surface area contributed by atoms with Crippen LogP contribution in [0.4, 0.5) is 13.2 Å². The lowest BCUT2D eigenvalue weighted by Gasteiger charge is -2.12. The summed E-state index contributed by atoms with van der Waals surface area (Å²) in [5, 5.41) is 0. The van der Waals surface area contributed by atoms with Gasteiger partial charge in [0.15, 0.2) is 0 Å². The number of carbonyl (C=O) groups excluding carboxylic acids is 1. The van der Waals surface area contributed by atoms with Crippen LogP contribution in [0.2, 0.25) is 0 Å². The summed E-state index contributed by atoms with van der Waals surface area (Å²) in [4.78, 5) is 11.4. The van der Waals surface area contributed by atoms with Crippen molar-refractivity contribution in [2.75, 3.05) is 13.4 Å². The summed E-state index contributed by atoms with van der Waals surface area (Å²) in [6.07, 6.45) is -3.17. The summed E-state index contributed by atoms with van der Waals surface area (Å²) in [6.45, 7) is 0. The van der Waals surface area contributed by atoms with Crippen LogP contribution in [0.5, 0.6) is 5.75 Å². The third kappa shape index (κ3) is 3.85. The number of carbonyl (C=O) groups is 1. The molecule has 3 nitrogen and oxygen atoms in total. The molecule has 1 aromatic carbocycles. The van der Waals surface area contributed by atoms with Crippen LogP contribution < -0.4 is 4.74 Å². The standard InChI is InChI=1S/C10H9F3O3S/c1-15-9(14)6-3-4-7(8(5-6)17-2)16-10(11,12)13/h3-5H,1-2H3. The fourth-order valence-electron chi connectivity index (χ4n) is 1.12. The normalized spacial score (nSPS) is 11.1. The van der Waals surface area contributed by atoms with E-state index in [0.29, 0.717) is 0 Å². The molecule has 0 radical (unpaired) electrons. The predicted octanol–water partition coefficient (Wildman–Crippen LogP) is 3.09. The Kier molecular flexibility index (Phi) is 4.28. The lowest BCUT2D eigenvalue weighted by molar-refractivity contribution is -0.275. The molecular formula is C10H9F3O3S. The summed E-state index contributed by atoms with van der Waals surface area (Å²) in [7, 11) is 1.20. The molecule has 94 valence electrons. The van der Waals surface area contributed by atoms with Gasteiger partial charge in [0.2, 0.25) is 0 Å². The lowest BCUT2D eigenvalue weighted by Crippen LogP contribution is -2.17. The number of halogens is 3. The number of hydrogen-bond acceptors (Lipinski definition) is 4. The molecule has 0 atom stereocenters. The fourth-order valence-corrected chi connectivity index (χ4v) is 1.68. The van der Waals surface area contributed by atoms with Crippen LogP contribution in [0.15, 0.2) is 23.1 Å². The number of methoxy groups -OCH3 is 1. The maximum atomic E-state index is 12.1. The molecule has 0 aliphatic rings. The molecule has 0 amide bonds. The fraction of sp³-hybridized carbons (Fsp3) is 0.300. The Balaban J connectivity index is 3.05. The molecule has 1 rings (SSSR count). The third-order valence-corrected chi connectivity index (χ3v) is 2.57. The summed E-state index contributed by atoms with van der Waals surface area (Å²) < 4.78 is 44.5. The molecule has 0 saturated carbocycles. The van der Waals surface area contributed by atoms with E-state index in [1.54, 1.807) is 6.26 Å². The zero-order valence-electron chi connectivity index (χ0n) is 9.00. The number of thioether (sulfide) groups is 1. The van der Waals surface area contributed by atoms with Gasteiger partial charge in [-0.05, 0) is 24.5 Å². The van der Waals surface area contributed by atoms with Crippen LogP contribution in [-0.4, -0.2) is 25.7 Å². The van der Waals surface area contributed by atoms with E-state index in [1.165, 1.54) is 19.2 Å². The first-order valence-corrected chi connectivity index (χ1v) is 5.62. The molecular weight excluding hydrogens is 257 g/mol. The number of hydrogen-bond donors (Lipinski definition) is 0. The molecule has 7 heteroatoms. The van der Waals surface area contributed by atoms with Crippen LogP contribution in [0.3, 0.4) is 0 Å². The maximum absolute atomic E-state index is 12.1. The van der Waals surface area contributed by atoms with Crippen LogP contribution in [0, 0.1) is 0 Å². The van der Waals surface area contributed by atoms with E-state index in [0.717, 1.165) is 17.8 Å². The average Bonchev–Trinajstić information content (AvgIpc) is 2.26. The molecule has 0 aliphatic heterocycles. The van der Waals surface area contributed by atoms with Crippen LogP contribution in [0.25, 0.3) is 0 Å². The van der Waals surface area contributed by atoms with Crippen molar-refractivity contribution in [1.82, 2.24) is 0 Å². The smallest absolute Gasteiger partial charge is 0.465 e. The molecule has 17 heavy (non-hydrogen) atoms. The van der Waals surface area contributed by atoms with Crippen LogP contribution in [0.1, 0.15) is 10.4 Å². The Morgan fingerprint density at radius 3 is 2.47 bits per heavy atom. The number of benzene rings is 1. The van der Waals surface area contributed by atoms with Gasteiger partial charge < -0.3 is 9.47 Å². The quantitative estimate of drug-likeness (QED) is 0.622. The molecule has 0 saturated heterocycles. The lowest BCUT2D eigenvalue weighted by atomic mass is 10.2. The number of ether oxygens (including phenoxy) is 2. The zero-order valence-corrected chi connectivity index (χ0v) is 9.82. The summed E-state index contributed by atoms with van der Waals surface area (Å²) >= 11 is 1.05. The molecule has 0 aliphatic carbocycles. The van der Waals surface area contributed by atoms with Crippen LogP contribution in [-0.2, 0) is 4.74 Å². The summed E-state index contributed by atoms with van der Waals surface area (Å²) in [5.74, 6) is -0.948. The number of alkyl halides is 3. The van der Waals surface area contributed by atoms with Crippen molar-refractivity contribution in [2.24, 2.45) is 0 Å². The Morgan fingerprint density at radius 1 is 1.35 bits per heavy atom. The van der Waals surface area contributed by atoms with Gasteiger partial charge in [-0.15, -0.1) is 24.9 Å². The van der Waals surface area contributed by atoms with Crippen molar-refractivity contribution in [2.45, 2.75) is 11.3 Å². The van der Waals surface area contributed by atoms with E-state index < -0.39 is 12.3 Å². The molecule has 1 aromatic rings. The van der Waals surface area contributed by atoms with E-state index in [1.807, 2.05) is 0 Å². The first-order chi connectivity index (χ1) is 7.87. The van der Waals surface area contributed by atoms with Crippen molar-refractivity contribution in [3.8, 4) is 5.75 Å². The first kappa shape index (κ1) is 13.7. The van der Waals surface area contributed by atoms with E-state index in [-0.39, 0.29) is 16.2 Å². The minimum Gasteiger partial charge on any atom is -0.465 e. The third-order valence-electron chi connectivity index (χ3n) is 1.81. The monoisotopic (exact) mass is 266 g/mol. The van der Waals surface area contributed by atoms with Crippen molar-refractivity contribution in [1.29, 1.82) is 0 Å². The Labute approximate surface area is 99.9 Å². The highest BCUT2D eigenvalue weighted by Gasteiger charge is 2.32. The molecule has 0 spiro atoms.